The number of hydrogen-bond acceptors (Lipinski definition) is 1. The molecule has 0 unspecified atom stereocenters. The molecule has 1 rings (SSSR count). The molecule has 0 amide bonds. The van der Waals surface area contributed by atoms with E-state index in [-0.39, 0.29) is 18.2 Å². The van der Waals surface area contributed by atoms with E-state index < -0.39 is 0 Å². The van der Waals surface area contributed by atoms with E-state index in [0.29, 0.717) is 0 Å². The van der Waals surface area contributed by atoms with Crippen molar-refractivity contribution in [1.82, 2.24) is 0 Å². The molecular formula is C33H73F2N. The third kappa shape index (κ3) is 93.3. The van der Waals surface area contributed by atoms with E-state index in [1.807, 2.05) is 0 Å². The van der Waals surface area contributed by atoms with E-state index in [4.69, 9.17) is 5.73 Å². The minimum Gasteiger partial charge on any atom is -0.325 e. The Kier molecular flexibility index (Phi) is 68.6. The summed E-state index contributed by atoms with van der Waals surface area (Å²) in [5, 5.41) is 0. The van der Waals surface area contributed by atoms with Gasteiger partial charge >= 0.3 is 0 Å². The first-order valence-corrected chi connectivity index (χ1v) is 15.3. The molecule has 0 bridgehead atoms. The van der Waals surface area contributed by atoms with Crippen molar-refractivity contribution in [2.24, 2.45) is 17.6 Å². The monoisotopic (exact) mass is 522 g/mol. The molecule has 0 radical (unpaired) electrons. The first kappa shape index (κ1) is 48.4. The Balaban J connectivity index is -0.0000000824. The Morgan fingerprint density at radius 3 is 1.28 bits per heavy atom. The molecule has 0 aromatic heterocycles. The van der Waals surface area contributed by atoms with Crippen molar-refractivity contribution < 1.29 is 8.78 Å². The molecule has 0 heterocycles. The average molecular weight is 522 g/mol. The van der Waals surface area contributed by atoms with Crippen LogP contribution in [0, 0.1) is 11.8 Å². The lowest BCUT2D eigenvalue weighted by molar-refractivity contribution is 0.555. The van der Waals surface area contributed by atoms with Crippen LogP contribution in [0.1, 0.15) is 173 Å². The number of allylic oxidation sites excluding steroid dienone is 2. The molecule has 0 aromatic carbocycles. The van der Waals surface area contributed by atoms with Crippen LogP contribution in [-0.4, -0.2) is 6.54 Å². The summed E-state index contributed by atoms with van der Waals surface area (Å²) in [4.78, 5) is 0. The first-order valence-electron chi connectivity index (χ1n) is 15.3. The van der Waals surface area contributed by atoms with Crippen molar-refractivity contribution in [3.05, 3.63) is 24.3 Å². The Bertz CT molecular complexity index is 347. The lowest BCUT2D eigenvalue weighted by Crippen LogP contribution is -1.98. The Morgan fingerprint density at radius 2 is 1.03 bits per heavy atom. The standard InChI is InChI=1S/C11H22FN.C7H14.C3H5F.4C3H8/c1-2-3-4-5-6-7-8-9-11(12)10-13;1-6-3-4-7(2)5-6;1-3(2)4;4*1-3-2/h9H,2-8,10,13H2,1H3;6-7H,3-5H2,1-2H3;1H2,2H3;4*3H2,1-2H3/b11-9-;;;;;;/t;6-,7+;;;;;. The van der Waals surface area contributed by atoms with Crippen LogP contribution < -0.4 is 5.73 Å². The zero-order valence-electron chi connectivity index (χ0n) is 27.4. The van der Waals surface area contributed by atoms with Gasteiger partial charge in [-0.1, -0.05) is 159 Å². The largest absolute Gasteiger partial charge is 0.325 e. The molecule has 2 N–H and O–H groups in total. The van der Waals surface area contributed by atoms with E-state index in [0.717, 1.165) is 24.7 Å². The van der Waals surface area contributed by atoms with Gasteiger partial charge in [-0.2, -0.15) is 0 Å². The second-order valence-corrected chi connectivity index (χ2v) is 9.94. The van der Waals surface area contributed by atoms with E-state index in [9.17, 15) is 8.78 Å². The molecule has 2 atom stereocenters. The Morgan fingerprint density at radius 1 is 0.722 bits per heavy atom. The van der Waals surface area contributed by atoms with Gasteiger partial charge in [0.1, 0.15) is 5.83 Å². The SMILES string of the molecule is C=C(C)F.CCC.CCC.CCC.CCC.CCCCCCCC/C=C(\F)CN.C[C@@H]1CC[C@H](C)C1. The highest BCUT2D eigenvalue weighted by atomic mass is 19.1. The predicted molar refractivity (Wildman–Crippen MR) is 168 cm³/mol. The van der Waals surface area contributed by atoms with Gasteiger partial charge < -0.3 is 5.73 Å². The van der Waals surface area contributed by atoms with Crippen molar-refractivity contribution in [2.75, 3.05) is 6.54 Å². The quantitative estimate of drug-likeness (QED) is 0.316. The smallest absolute Gasteiger partial charge is 0.109 e. The summed E-state index contributed by atoms with van der Waals surface area (Å²) in [6.45, 7) is 28.2. The van der Waals surface area contributed by atoms with Crippen LogP contribution in [0.3, 0.4) is 0 Å². The third-order valence-corrected chi connectivity index (χ3v) is 4.08. The molecule has 0 spiro atoms. The molecule has 1 fully saturated rings. The van der Waals surface area contributed by atoms with Gasteiger partial charge in [0, 0.05) is 6.54 Å². The van der Waals surface area contributed by atoms with Gasteiger partial charge in [0.2, 0.25) is 0 Å². The summed E-state index contributed by atoms with van der Waals surface area (Å²) < 4.78 is 23.3. The van der Waals surface area contributed by atoms with E-state index in [2.05, 4.69) is 82.7 Å². The summed E-state index contributed by atoms with van der Waals surface area (Å²) in [6, 6.07) is 0. The number of halogens is 2. The predicted octanol–water partition coefficient (Wildman–Crippen LogP) is 13.1. The maximum absolute atomic E-state index is 12.5. The topological polar surface area (TPSA) is 26.0 Å². The minimum absolute atomic E-state index is 0.0514. The minimum atomic E-state index is -0.333. The molecule has 1 saturated carbocycles. The van der Waals surface area contributed by atoms with Crippen LogP contribution in [0.4, 0.5) is 8.78 Å². The average Bonchev–Trinajstić information content (AvgIpc) is 3.17. The van der Waals surface area contributed by atoms with Crippen LogP contribution in [0.5, 0.6) is 0 Å². The van der Waals surface area contributed by atoms with Crippen molar-refractivity contribution in [2.45, 2.75) is 173 Å². The number of unbranched alkanes of at least 4 members (excludes halogenated alkanes) is 6. The van der Waals surface area contributed by atoms with Crippen LogP contribution in [0.25, 0.3) is 0 Å². The van der Waals surface area contributed by atoms with Gasteiger partial charge in [0.15, 0.2) is 0 Å². The molecule has 36 heavy (non-hydrogen) atoms. The van der Waals surface area contributed by atoms with E-state index in [1.165, 1.54) is 84.0 Å². The Labute approximate surface area is 230 Å². The van der Waals surface area contributed by atoms with E-state index in [1.54, 1.807) is 6.08 Å². The van der Waals surface area contributed by atoms with Gasteiger partial charge in [-0.3, -0.25) is 0 Å². The fraction of sp³-hybridized carbons (Fsp3) is 0.879. The molecule has 0 aromatic rings. The van der Waals surface area contributed by atoms with E-state index >= 15 is 0 Å². The van der Waals surface area contributed by atoms with Gasteiger partial charge in [0.05, 0.1) is 5.83 Å². The van der Waals surface area contributed by atoms with Gasteiger partial charge in [-0.15, -0.1) is 0 Å². The zero-order chi connectivity index (χ0) is 29.6. The highest BCUT2D eigenvalue weighted by Crippen LogP contribution is 2.29. The van der Waals surface area contributed by atoms with Crippen molar-refractivity contribution in [3.63, 3.8) is 0 Å². The van der Waals surface area contributed by atoms with Crippen LogP contribution in [-0.2, 0) is 0 Å². The fourth-order valence-corrected chi connectivity index (χ4v) is 2.76. The van der Waals surface area contributed by atoms with Crippen LogP contribution in [0.15, 0.2) is 24.3 Å². The summed E-state index contributed by atoms with van der Waals surface area (Å²) in [6.07, 6.45) is 19.4. The van der Waals surface area contributed by atoms with Crippen LogP contribution >= 0.6 is 0 Å². The van der Waals surface area contributed by atoms with Crippen molar-refractivity contribution in [1.29, 1.82) is 0 Å². The molecular weight excluding hydrogens is 448 g/mol. The summed E-state index contributed by atoms with van der Waals surface area (Å²) in [5.41, 5.74) is 5.11. The van der Waals surface area contributed by atoms with Gasteiger partial charge in [-0.05, 0) is 38.0 Å². The van der Waals surface area contributed by atoms with Crippen molar-refractivity contribution in [3.8, 4) is 0 Å². The fourth-order valence-electron chi connectivity index (χ4n) is 2.76. The molecule has 224 valence electrons. The normalized spacial score (nSPS) is 15.2. The second-order valence-electron chi connectivity index (χ2n) is 9.94. The summed E-state index contributed by atoms with van der Waals surface area (Å²) >= 11 is 0. The molecule has 1 aliphatic carbocycles. The maximum Gasteiger partial charge on any atom is 0.109 e. The molecule has 0 saturated heterocycles. The number of rotatable bonds is 8. The lowest BCUT2D eigenvalue weighted by Gasteiger charge is -1.97. The zero-order valence-corrected chi connectivity index (χ0v) is 27.4. The second kappa shape index (κ2) is 51.0. The highest BCUT2D eigenvalue weighted by Gasteiger charge is 2.15. The summed E-state index contributed by atoms with van der Waals surface area (Å²) in [5.74, 6) is 1.54. The molecule has 0 aliphatic heterocycles. The van der Waals surface area contributed by atoms with Crippen LogP contribution in [0.2, 0.25) is 0 Å². The molecule has 1 aliphatic rings. The summed E-state index contributed by atoms with van der Waals surface area (Å²) in [7, 11) is 0. The van der Waals surface area contributed by atoms with Crippen molar-refractivity contribution >= 4 is 0 Å². The number of hydrogen-bond donors (Lipinski definition) is 1. The Hall–Kier alpha value is -0.700. The maximum atomic E-state index is 12.5. The van der Waals surface area contributed by atoms with Gasteiger partial charge in [-0.25, -0.2) is 8.78 Å². The molecule has 1 nitrogen and oxygen atoms in total. The lowest BCUT2D eigenvalue weighted by atomic mass is 10.1. The first-order chi connectivity index (χ1) is 17.0. The van der Waals surface area contributed by atoms with Gasteiger partial charge in [0.25, 0.3) is 0 Å². The third-order valence-electron chi connectivity index (χ3n) is 4.08. The number of nitrogens with two attached hydrogens (primary N) is 1. The highest BCUT2D eigenvalue weighted by molar-refractivity contribution is 4.92. The molecule has 3 heteroatoms.